The molecule has 188 valence electrons. The quantitative estimate of drug-likeness (QED) is 0.337. The molecule has 4 rings (SSSR count). The molecular weight excluding hydrogens is 450 g/mol. The fourth-order valence-electron chi connectivity index (χ4n) is 4.83. The number of amides is 1. The maximum Gasteiger partial charge on any atom is 0.251 e. The molecule has 1 fully saturated rings. The van der Waals surface area contributed by atoms with E-state index >= 15 is 0 Å². The first kappa shape index (κ1) is 25.4. The molecule has 1 atom stereocenters. The number of carbonyl (C=O) groups is 1. The molecule has 1 saturated heterocycles. The van der Waals surface area contributed by atoms with Gasteiger partial charge < -0.3 is 20.8 Å². The lowest BCUT2D eigenvalue weighted by Crippen LogP contribution is -2.40. The van der Waals surface area contributed by atoms with Crippen LogP contribution in [-0.4, -0.2) is 54.7 Å². The molecule has 0 aliphatic carbocycles. The van der Waals surface area contributed by atoms with Crippen LogP contribution in [0, 0.1) is 5.41 Å². The topological polar surface area (TPSA) is 90.3 Å². The molecule has 0 spiro atoms. The Morgan fingerprint density at radius 1 is 1.17 bits per heavy atom. The highest BCUT2D eigenvalue weighted by atomic mass is 16.5. The molecule has 3 N–H and O–H groups in total. The fourth-order valence-corrected chi connectivity index (χ4v) is 4.83. The first-order valence-corrected chi connectivity index (χ1v) is 12.7. The summed E-state index contributed by atoms with van der Waals surface area (Å²) in [7, 11) is 1.82. The minimum Gasteiger partial charge on any atom is -0.457 e. The second-order valence-electron chi connectivity index (χ2n) is 8.98. The van der Waals surface area contributed by atoms with E-state index in [9.17, 15) is 4.79 Å². The largest absolute Gasteiger partial charge is 0.457 e. The smallest absolute Gasteiger partial charge is 0.251 e. The minimum absolute atomic E-state index is 0.0138. The standard InChI is InChI=1S/C29H35N5O2/c1-4-20-15-21(9-11-26(20)29(35)33-19-23-7-6-14-34(23)5-2)28-17-25(12-13-32-28)36-24-10-8-22(18-30)27(16-24)31-3/h8-13,15-18,23,30-31H,4-7,14,19H2,1-3H3,(H,33,35)/t23-/m0/s1. The van der Waals surface area contributed by atoms with E-state index in [0.29, 0.717) is 24.1 Å². The van der Waals surface area contributed by atoms with Crippen LogP contribution < -0.4 is 15.4 Å². The number of nitrogens with zero attached hydrogens (tertiary/aromatic N) is 2. The molecule has 0 bridgehead atoms. The van der Waals surface area contributed by atoms with Crippen molar-refractivity contribution in [2.75, 3.05) is 32.0 Å². The fraction of sp³-hybridized carbons (Fsp3) is 0.345. The summed E-state index contributed by atoms with van der Waals surface area (Å²) in [6.07, 6.45) is 6.13. The lowest BCUT2D eigenvalue weighted by Gasteiger charge is -2.23. The highest BCUT2D eigenvalue weighted by molar-refractivity contribution is 5.96. The highest BCUT2D eigenvalue weighted by Crippen LogP contribution is 2.29. The molecule has 0 radical (unpaired) electrons. The van der Waals surface area contributed by atoms with E-state index in [2.05, 4.69) is 34.4 Å². The number of aromatic nitrogens is 1. The number of pyridine rings is 1. The Morgan fingerprint density at radius 3 is 2.75 bits per heavy atom. The second kappa shape index (κ2) is 11.8. The van der Waals surface area contributed by atoms with E-state index in [-0.39, 0.29) is 5.91 Å². The predicted molar refractivity (Wildman–Crippen MR) is 146 cm³/mol. The molecule has 1 amide bonds. The number of benzene rings is 2. The monoisotopic (exact) mass is 485 g/mol. The van der Waals surface area contributed by atoms with Gasteiger partial charge in [0, 0.05) is 66.6 Å². The Balaban J connectivity index is 1.49. The van der Waals surface area contributed by atoms with Crippen LogP contribution in [0.3, 0.4) is 0 Å². The number of nitrogens with one attached hydrogen (secondary N) is 3. The molecule has 2 heterocycles. The third kappa shape index (κ3) is 5.74. The highest BCUT2D eigenvalue weighted by Gasteiger charge is 2.23. The van der Waals surface area contributed by atoms with Crippen LogP contribution in [0.5, 0.6) is 11.5 Å². The van der Waals surface area contributed by atoms with Gasteiger partial charge in [-0.3, -0.25) is 14.7 Å². The SMILES string of the molecule is CCc1cc(-c2cc(Oc3ccc(C=N)c(NC)c3)ccn2)ccc1C(=O)NC[C@@H]1CCCN1CC. The van der Waals surface area contributed by atoms with Crippen molar-refractivity contribution in [3.63, 3.8) is 0 Å². The summed E-state index contributed by atoms with van der Waals surface area (Å²) in [5, 5.41) is 13.8. The van der Waals surface area contributed by atoms with Crippen LogP contribution in [-0.2, 0) is 6.42 Å². The number of hydrogen-bond acceptors (Lipinski definition) is 6. The number of aryl methyl sites for hydroxylation is 1. The third-order valence-electron chi connectivity index (χ3n) is 6.85. The zero-order valence-corrected chi connectivity index (χ0v) is 21.3. The molecule has 0 unspecified atom stereocenters. The zero-order valence-electron chi connectivity index (χ0n) is 21.3. The summed E-state index contributed by atoms with van der Waals surface area (Å²) in [6.45, 7) is 7.07. The van der Waals surface area contributed by atoms with Crippen molar-refractivity contribution < 1.29 is 9.53 Å². The van der Waals surface area contributed by atoms with Crippen molar-refractivity contribution in [1.82, 2.24) is 15.2 Å². The maximum atomic E-state index is 13.0. The van der Waals surface area contributed by atoms with Crippen LogP contribution in [0.2, 0.25) is 0 Å². The molecule has 1 aliphatic heterocycles. The van der Waals surface area contributed by atoms with Crippen LogP contribution >= 0.6 is 0 Å². The maximum absolute atomic E-state index is 13.0. The van der Waals surface area contributed by atoms with Crippen molar-refractivity contribution in [3.8, 4) is 22.8 Å². The van der Waals surface area contributed by atoms with E-state index in [1.165, 1.54) is 12.6 Å². The van der Waals surface area contributed by atoms with Crippen LogP contribution in [0.1, 0.15) is 48.2 Å². The summed E-state index contributed by atoms with van der Waals surface area (Å²) in [5.74, 6) is 1.33. The van der Waals surface area contributed by atoms with E-state index in [0.717, 1.165) is 59.6 Å². The van der Waals surface area contributed by atoms with Gasteiger partial charge in [-0.05, 0) is 68.2 Å². The van der Waals surface area contributed by atoms with Crippen LogP contribution in [0.15, 0.2) is 54.7 Å². The Bertz CT molecular complexity index is 1230. The predicted octanol–water partition coefficient (Wildman–Crippen LogP) is 5.36. The third-order valence-corrected chi connectivity index (χ3v) is 6.85. The molecule has 1 aromatic heterocycles. The summed E-state index contributed by atoms with van der Waals surface area (Å²) >= 11 is 0. The molecule has 1 aliphatic rings. The van der Waals surface area contributed by atoms with Crippen LogP contribution in [0.25, 0.3) is 11.3 Å². The number of carbonyl (C=O) groups excluding carboxylic acids is 1. The zero-order chi connectivity index (χ0) is 25.5. The minimum atomic E-state index is -0.0138. The Hall–Kier alpha value is -3.71. The number of likely N-dealkylation sites (tertiary alicyclic amines) is 1. The Morgan fingerprint density at radius 2 is 2.00 bits per heavy atom. The molecule has 7 nitrogen and oxygen atoms in total. The van der Waals surface area contributed by atoms with Gasteiger partial charge in [0.2, 0.25) is 0 Å². The van der Waals surface area contributed by atoms with E-state index < -0.39 is 0 Å². The number of hydrogen-bond donors (Lipinski definition) is 3. The summed E-state index contributed by atoms with van der Waals surface area (Å²) < 4.78 is 6.08. The van der Waals surface area contributed by atoms with Gasteiger partial charge in [0.1, 0.15) is 11.5 Å². The van der Waals surface area contributed by atoms with Crippen molar-refractivity contribution in [2.45, 2.75) is 39.2 Å². The van der Waals surface area contributed by atoms with Crippen molar-refractivity contribution >= 4 is 17.8 Å². The lowest BCUT2D eigenvalue weighted by atomic mass is 9.99. The van der Waals surface area contributed by atoms with E-state index in [1.807, 2.05) is 55.6 Å². The van der Waals surface area contributed by atoms with Gasteiger partial charge in [-0.25, -0.2) is 0 Å². The first-order chi connectivity index (χ1) is 17.6. The van der Waals surface area contributed by atoms with Crippen molar-refractivity contribution in [3.05, 3.63) is 71.4 Å². The number of rotatable bonds is 10. The average Bonchev–Trinajstić information content (AvgIpc) is 3.39. The Labute approximate surface area is 213 Å². The molecule has 0 saturated carbocycles. The second-order valence-corrected chi connectivity index (χ2v) is 8.98. The molecule has 2 aromatic carbocycles. The van der Waals surface area contributed by atoms with Gasteiger partial charge in [-0.2, -0.15) is 0 Å². The number of anilines is 1. The summed E-state index contributed by atoms with van der Waals surface area (Å²) in [6, 6.07) is 15.6. The van der Waals surface area contributed by atoms with Gasteiger partial charge in [-0.1, -0.05) is 19.9 Å². The van der Waals surface area contributed by atoms with Gasteiger partial charge in [0.15, 0.2) is 0 Å². The summed E-state index contributed by atoms with van der Waals surface area (Å²) in [5.41, 5.74) is 5.06. The van der Waals surface area contributed by atoms with Gasteiger partial charge in [-0.15, -0.1) is 0 Å². The molecule has 36 heavy (non-hydrogen) atoms. The van der Waals surface area contributed by atoms with Gasteiger partial charge in [0.25, 0.3) is 5.91 Å². The molecule has 3 aromatic rings. The summed E-state index contributed by atoms with van der Waals surface area (Å²) in [4.78, 5) is 20.0. The van der Waals surface area contributed by atoms with Crippen LogP contribution in [0.4, 0.5) is 5.69 Å². The molecule has 7 heteroatoms. The van der Waals surface area contributed by atoms with Crippen molar-refractivity contribution in [2.24, 2.45) is 0 Å². The van der Waals surface area contributed by atoms with Gasteiger partial charge in [0.05, 0.1) is 5.69 Å². The van der Waals surface area contributed by atoms with Gasteiger partial charge >= 0.3 is 0 Å². The molecular formula is C29H35N5O2. The van der Waals surface area contributed by atoms with E-state index in [1.54, 1.807) is 6.20 Å². The number of likely N-dealkylation sites (N-methyl/N-ethyl adjacent to an activating group) is 1. The Kier molecular flexibility index (Phi) is 8.33. The average molecular weight is 486 g/mol. The first-order valence-electron chi connectivity index (χ1n) is 12.7. The number of ether oxygens (including phenoxy) is 1. The lowest BCUT2D eigenvalue weighted by molar-refractivity contribution is 0.0940. The normalized spacial score (nSPS) is 15.5. The van der Waals surface area contributed by atoms with Crippen molar-refractivity contribution in [1.29, 1.82) is 5.41 Å². The van der Waals surface area contributed by atoms with E-state index in [4.69, 9.17) is 10.1 Å².